The van der Waals surface area contributed by atoms with Crippen LogP contribution in [0.5, 0.6) is 0 Å². The van der Waals surface area contributed by atoms with Gasteiger partial charge in [0, 0.05) is 13.2 Å². The summed E-state index contributed by atoms with van der Waals surface area (Å²) < 4.78 is 5.33. The number of amides is 1. The van der Waals surface area contributed by atoms with E-state index in [1.165, 1.54) is 0 Å². The molecule has 1 fully saturated rings. The highest BCUT2D eigenvalue weighted by atomic mass is 16.6. The van der Waals surface area contributed by atoms with E-state index < -0.39 is 10.8 Å². The van der Waals surface area contributed by atoms with Gasteiger partial charge in [-0.2, -0.15) is 0 Å². The first-order chi connectivity index (χ1) is 8.16. The van der Waals surface area contributed by atoms with Gasteiger partial charge in [-0.25, -0.2) is 0 Å². The zero-order chi connectivity index (χ0) is 12.3. The largest absolute Gasteiger partial charge is 0.376 e. The first kappa shape index (κ1) is 11.5. The van der Waals surface area contributed by atoms with Crippen molar-refractivity contribution in [3.8, 4) is 0 Å². The molecule has 0 spiro atoms. The standard InChI is InChI=1S/C9H12N4O4/c14-9(10-5-6-2-1-3-17-6)7-4-8(12-11-7)13(15)16/h4,6H,1-3,5H2,(H,10,14)(H,11,12). The van der Waals surface area contributed by atoms with E-state index in [9.17, 15) is 14.9 Å². The van der Waals surface area contributed by atoms with Gasteiger partial charge in [0.2, 0.25) is 0 Å². The highest BCUT2D eigenvalue weighted by Crippen LogP contribution is 2.11. The van der Waals surface area contributed by atoms with Crippen LogP contribution in [0.15, 0.2) is 6.07 Å². The smallest absolute Gasteiger partial charge is 0.343 e. The van der Waals surface area contributed by atoms with Crippen molar-refractivity contribution < 1.29 is 14.5 Å². The molecule has 0 saturated carbocycles. The van der Waals surface area contributed by atoms with Gasteiger partial charge in [0.25, 0.3) is 5.91 Å². The molecular weight excluding hydrogens is 228 g/mol. The minimum Gasteiger partial charge on any atom is -0.376 e. The van der Waals surface area contributed by atoms with Crippen LogP contribution in [0.25, 0.3) is 0 Å². The summed E-state index contributed by atoms with van der Waals surface area (Å²) >= 11 is 0. The van der Waals surface area contributed by atoms with E-state index in [4.69, 9.17) is 4.74 Å². The molecule has 2 N–H and O–H groups in total. The van der Waals surface area contributed by atoms with E-state index in [1.54, 1.807) is 0 Å². The number of nitro groups is 1. The molecular formula is C9H12N4O4. The third kappa shape index (κ3) is 2.78. The predicted molar refractivity (Wildman–Crippen MR) is 56.5 cm³/mol. The number of hydrogen-bond acceptors (Lipinski definition) is 5. The fourth-order valence-corrected chi connectivity index (χ4v) is 1.62. The van der Waals surface area contributed by atoms with Gasteiger partial charge >= 0.3 is 5.82 Å². The molecule has 2 rings (SSSR count). The first-order valence-corrected chi connectivity index (χ1v) is 5.26. The van der Waals surface area contributed by atoms with Gasteiger partial charge in [0.15, 0.2) is 5.69 Å². The SMILES string of the molecule is O=C(NCC1CCCO1)c1cc([N+](=O)[O-])[nH]n1. The summed E-state index contributed by atoms with van der Waals surface area (Å²) in [5.74, 6) is -0.739. The molecule has 1 aliphatic heterocycles. The molecule has 2 heterocycles. The Labute approximate surface area is 96.5 Å². The molecule has 1 aromatic rings. The van der Waals surface area contributed by atoms with Crippen molar-refractivity contribution >= 4 is 11.7 Å². The summed E-state index contributed by atoms with van der Waals surface area (Å²) in [4.78, 5) is 21.3. The zero-order valence-electron chi connectivity index (χ0n) is 9.01. The molecule has 8 heteroatoms. The van der Waals surface area contributed by atoms with Crippen LogP contribution in [-0.2, 0) is 4.74 Å². The second-order valence-electron chi connectivity index (χ2n) is 3.74. The molecule has 92 valence electrons. The topological polar surface area (TPSA) is 110 Å². The second kappa shape index (κ2) is 4.91. The zero-order valence-corrected chi connectivity index (χ0v) is 9.01. The van der Waals surface area contributed by atoms with E-state index in [0.717, 1.165) is 18.9 Å². The van der Waals surface area contributed by atoms with E-state index >= 15 is 0 Å². The normalized spacial score (nSPS) is 19.2. The lowest BCUT2D eigenvalue weighted by molar-refractivity contribution is -0.389. The van der Waals surface area contributed by atoms with E-state index in [0.29, 0.717) is 13.2 Å². The minimum absolute atomic E-state index is 0.00898. The third-order valence-electron chi connectivity index (χ3n) is 2.51. The van der Waals surface area contributed by atoms with Gasteiger partial charge in [0.1, 0.15) is 0 Å². The number of nitrogens with one attached hydrogen (secondary N) is 2. The van der Waals surface area contributed by atoms with Crippen molar-refractivity contribution in [3.05, 3.63) is 21.9 Å². The van der Waals surface area contributed by atoms with Gasteiger partial charge in [0.05, 0.1) is 12.2 Å². The average molecular weight is 240 g/mol. The highest BCUT2D eigenvalue weighted by molar-refractivity contribution is 5.92. The Balaban J connectivity index is 1.87. The molecule has 0 aliphatic carbocycles. The summed E-state index contributed by atoms with van der Waals surface area (Å²) in [6.07, 6.45) is 1.95. The second-order valence-corrected chi connectivity index (χ2v) is 3.74. The molecule has 0 bridgehead atoms. The fourth-order valence-electron chi connectivity index (χ4n) is 1.62. The number of aromatic nitrogens is 2. The predicted octanol–water partition coefficient (Wildman–Crippen LogP) is 0.227. The summed E-state index contributed by atoms with van der Waals surface area (Å²) in [5, 5.41) is 18.7. The number of carbonyl (C=O) groups is 1. The number of aromatic amines is 1. The van der Waals surface area contributed by atoms with Crippen LogP contribution in [0.1, 0.15) is 23.3 Å². The quantitative estimate of drug-likeness (QED) is 0.578. The third-order valence-corrected chi connectivity index (χ3v) is 2.51. The minimum atomic E-state index is -0.635. The van der Waals surface area contributed by atoms with Crippen LogP contribution in [0.2, 0.25) is 0 Å². The van der Waals surface area contributed by atoms with Crippen LogP contribution in [0, 0.1) is 10.1 Å². The van der Waals surface area contributed by atoms with Crippen molar-refractivity contribution in [1.82, 2.24) is 15.5 Å². The van der Waals surface area contributed by atoms with E-state index in [2.05, 4.69) is 15.5 Å². The van der Waals surface area contributed by atoms with Crippen molar-refractivity contribution in [2.45, 2.75) is 18.9 Å². The molecule has 1 unspecified atom stereocenters. The molecule has 1 amide bonds. The Morgan fingerprint density at radius 3 is 3.18 bits per heavy atom. The number of H-pyrrole nitrogens is 1. The maximum Gasteiger partial charge on any atom is 0.343 e. The molecule has 8 nitrogen and oxygen atoms in total. The lowest BCUT2D eigenvalue weighted by Crippen LogP contribution is -2.31. The summed E-state index contributed by atoms with van der Waals surface area (Å²) in [7, 11) is 0. The first-order valence-electron chi connectivity index (χ1n) is 5.26. The Kier molecular flexibility index (Phi) is 3.33. The van der Waals surface area contributed by atoms with Crippen molar-refractivity contribution in [1.29, 1.82) is 0 Å². The number of ether oxygens (including phenoxy) is 1. The average Bonchev–Trinajstić information content (AvgIpc) is 2.96. The van der Waals surface area contributed by atoms with Crippen LogP contribution in [-0.4, -0.2) is 40.3 Å². The summed E-state index contributed by atoms with van der Waals surface area (Å²) in [5.41, 5.74) is 0.00898. The fraction of sp³-hybridized carbons (Fsp3) is 0.556. The van der Waals surface area contributed by atoms with Gasteiger partial charge in [-0.05, 0) is 17.8 Å². The molecule has 1 aliphatic rings. The van der Waals surface area contributed by atoms with Gasteiger partial charge in [-0.3, -0.25) is 4.79 Å². The Hall–Kier alpha value is -1.96. The summed E-state index contributed by atoms with van der Waals surface area (Å²) in [6.45, 7) is 1.12. The van der Waals surface area contributed by atoms with E-state index in [-0.39, 0.29) is 17.6 Å². The van der Waals surface area contributed by atoms with Gasteiger partial charge in [-0.15, -0.1) is 5.10 Å². The van der Waals surface area contributed by atoms with Crippen LogP contribution in [0.4, 0.5) is 5.82 Å². The molecule has 1 atom stereocenters. The molecule has 17 heavy (non-hydrogen) atoms. The van der Waals surface area contributed by atoms with Gasteiger partial charge in [-0.1, -0.05) is 5.10 Å². The monoisotopic (exact) mass is 240 g/mol. The Morgan fingerprint density at radius 2 is 2.59 bits per heavy atom. The Morgan fingerprint density at radius 1 is 1.76 bits per heavy atom. The number of hydrogen-bond donors (Lipinski definition) is 2. The molecule has 0 aromatic carbocycles. The van der Waals surface area contributed by atoms with Crippen LogP contribution >= 0.6 is 0 Å². The molecule has 0 radical (unpaired) electrons. The van der Waals surface area contributed by atoms with Crippen molar-refractivity contribution in [2.75, 3.05) is 13.2 Å². The lowest BCUT2D eigenvalue weighted by Gasteiger charge is -2.08. The summed E-state index contributed by atoms with van der Waals surface area (Å²) in [6, 6.07) is 1.10. The lowest BCUT2D eigenvalue weighted by atomic mass is 10.2. The maximum atomic E-state index is 11.6. The number of carbonyl (C=O) groups excluding carboxylic acids is 1. The molecule has 1 aromatic heterocycles. The van der Waals surface area contributed by atoms with Gasteiger partial charge < -0.3 is 20.2 Å². The maximum absolute atomic E-state index is 11.6. The highest BCUT2D eigenvalue weighted by Gasteiger charge is 2.19. The van der Waals surface area contributed by atoms with Crippen LogP contribution < -0.4 is 5.32 Å². The van der Waals surface area contributed by atoms with Crippen LogP contribution in [0.3, 0.4) is 0 Å². The van der Waals surface area contributed by atoms with Crippen molar-refractivity contribution in [3.63, 3.8) is 0 Å². The number of rotatable bonds is 4. The number of nitrogens with zero attached hydrogens (tertiary/aromatic N) is 2. The Bertz CT molecular complexity index is 424. The van der Waals surface area contributed by atoms with Crippen molar-refractivity contribution in [2.24, 2.45) is 0 Å². The van der Waals surface area contributed by atoms with E-state index in [1.807, 2.05) is 0 Å². The molecule has 1 saturated heterocycles.